The Balaban J connectivity index is 2.19. The molecule has 2 heterocycles. The van der Waals surface area contributed by atoms with E-state index in [1.807, 2.05) is 19.1 Å². The van der Waals surface area contributed by atoms with Crippen molar-refractivity contribution in [2.45, 2.75) is 53.6 Å². The summed E-state index contributed by atoms with van der Waals surface area (Å²) >= 11 is 0. The van der Waals surface area contributed by atoms with Crippen LogP contribution in [0.1, 0.15) is 51.7 Å². The SMILES string of the molecule is CC/C=C\C(C1=CC2=CN(C)C(C)N2C=C1)=C(\c1ccc(F)c(C)c1)C(C)CC. The van der Waals surface area contributed by atoms with Gasteiger partial charge in [-0.2, -0.15) is 0 Å². The fraction of sp³-hybridized carbons (Fsp3) is 0.385. The highest BCUT2D eigenvalue weighted by molar-refractivity contribution is 5.78. The largest absolute Gasteiger partial charge is 0.358 e. The molecule has 0 N–H and O–H groups in total. The molecule has 2 nitrogen and oxygen atoms in total. The Morgan fingerprint density at radius 1 is 1.28 bits per heavy atom. The third-order valence-corrected chi connectivity index (χ3v) is 6.04. The lowest BCUT2D eigenvalue weighted by Crippen LogP contribution is -2.31. The topological polar surface area (TPSA) is 6.48 Å². The maximum atomic E-state index is 14.0. The van der Waals surface area contributed by atoms with Crippen molar-refractivity contribution in [3.05, 3.63) is 88.7 Å². The number of halogens is 1. The fourth-order valence-electron chi connectivity index (χ4n) is 3.95. The second-order valence-electron chi connectivity index (χ2n) is 8.09. The molecular formula is C26H33FN2. The lowest BCUT2D eigenvalue weighted by Gasteiger charge is -2.29. The molecule has 2 aliphatic rings. The molecule has 0 fully saturated rings. The third kappa shape index (κ3) is 4.24. The van der Waals surface area contributed by atoms with Crippen molar-refractivity contribution >= 4 is 5.57 Å². The average molecular weight is 393 g/mol. The zero-order valence-corrected chi connectivity index (χ0v) is 18.5. The van der Waals surface area contributed by atoms with Crippen LogP contribution in [0.25, 0.3) is 5.57 Å². The molecule has 2 aliphatic heterocycles. The summed E-state index contributed by atoms with van der Waals surface area (Å²) in [6.07, 6.45) is 15.6. The van der Waals surface area contributed by atoms with Crippen LogP contribution in [0.3, 0.4) is 0 Å². The summed E-state index contributed by atoms with van der Waals surface area (Å²) < 4.78 is 14.0. The third-order valence-electron chi connectivity index (χ3n) is 6.04. The van der Waals surface area contributed by atoms with E-state index >= 15 is 0 Å². The van der Waals surface area contributed by atoms with Gasteiger partial charge in [-0.25, -0.2) is 4.39 Å². The maximum Gasteiger partial charge on any atom is 0.126 e. The van der Waals surface area contributed by atoms with Gasteiger partial charge in [-0.15, -0.1) is 0 Å². The standard InChI is InChI=1S/C26H33FN2/c1-7-9-10-24(21-13-14-29-20(5)28(6)17-23(29)16-21)26(18(3)8-2)22-11-12-25(27)19(4)15-22/h9-18,20H,7-8H2,1-6H3/b10-9-,26-24-. The molecule has 1 aromatic rings. The van der Waals surface area contributed by atoms with Gasteiger partial charge < -0.3 is 9.80 Å². The van der Waals surface area contributed by atoms with Crippen LogP contribution in [-0.4, -0.2) is 23.0 Å². The lowest BCUT2D eigenvalue weighted by atomic mass is 9.83. The highest BCUT2D eigenvalue weighted by Crippen LogP contribution is 2.37. The van der Waals surface area contributed by atoms with Gasteiger partial charge in [-0.05, 0) is 84.7 Å². The Bertz CT molecular complexity index is 917. The minimum Gasteiger partial charge on any atom is -0.358 e. The van der Waals surface area contributed by atoms with Gasteiger partial charge in [0.1, 0.15) is 12.0 Å². The summed E-state index contributed by atoms with van der Waals surface area (Å²) in [5.41, 5.74) is 6.72. The minimum atomic E-state index is -0.150. The second kappa shape index (κ2) is 8.86. The Kier molecular flexibility index (Phi) is 6.46. The van der Waals surface area contributed by atoms with Gasteiger partial charge in [0.25, 0.3) is 0 Å². The lowest BCUT2D eigenvalue weighted by molar-refractivity contribution is 0.240. The number of fused-ring (bicyclic) bond motifs is 1. The molecule has 0 amide bonds. The summed E-state index contributed by atoms with van der Waals surface area (Å²) in [7, 11) is 2.11. The van der Waals surface area contributed by atoms with Gasteiger partial charge in [0.15, 0.2) is 0 Å². The van der Waals surface area contributed by atoms with Gasteiger partial charge in [0.05, 0.1) is 5.70 Å². The Labute approximate surface area is 175 Å². The Morgan fingerprint density at radius 2 is 2.03 bits per heavy atom. The Morgan fingerprint density at radius 3 is 2.69 bits per heavy atom. The smallest absolute Gasteiger partial charge is 0.126 e. The first kappa shape index (κ1) is 21.2. The molecule has 2 atom stereocenters. The van der Waals surface area contributed by atoms with Crippen LogP contribution < -0.4 is 0 Å². The van der Waals surface area contributed by atoms with Gasteiger partial charge in [0, 0.05) is 19.4 Å². The molecule has 2 unspecified atom stereocenters. The number of rotatable bonds is 6. The van der Waals surface area contributed by atoms with Crippen molar-refractivity contribution in [3.63, 3.8) is 0 Å². The minimum absolute atomic E-state index is 0.150. The van der Waals surface area contributed by atoms with E-state index in [0.29, 0.717) is 17.6 Å². The van der Waals surface area contributed by atoms with Gasteiger partial charge in [-0.1, -0.05) is 39.0 Å². The zero-order valence-electron chi connectivity index (χ0n) is 18.5. The maximum absolute atomic E-state index is 14.0. The summed E-state index contributed by atoms with van der Waals surface area (Å²) in [5, 5.41) is 0. The molecule has 0 bridgehead atoms. The first-order valence-corrected chi connectivity index (χ1v) is 10.7. The Hall–Kier alpha value is -2.55. The monoisotopic (exact) mass is 392 g/mol. The average Bonchev–Trinajstić information content (AvgIpc) is 3.00. The van der Waals surface area contributed by atoms with Crippen molar-refractivity contribution < 1.29 is 4.39 Å². The van der Waals surface area contributed by atoms with E-state index in [0.717, 1.165) is 18.4 Å². The van der Waals surface area contributed by atoms with Crippen molar-refractivity contribution in [3.8, 4) is 0 Å². The number of aryl methyl sites for hydroxylation is 1. The molecule has 3 heteroatoms. The summed E-state index contributed by atoms with van der Waals surface area (Å²) in [6, 6.07) is 5.51. The van der Waals surface area contributed by atoms with E-state index < -0.39 is 0 Å². The second-order valence-corrected chi connectivity index (χ2v) is 8.09. The molecule has 0 saturated heterocycles. The number of hydrogen-bond acceptors (Lipinski definition) is 2. The van der Waals surface area contributed by atoms with Crippen LogP contribution in [0.4, 0.5) is 4.39 Å². The van der Waals surface area contributed by atoms with E-state index in [1.165, 1.54) is 22.4 Å². The summed E-state index contributed by atoms with van der Waals surface area (Å²) in [6.45, 7) is 10.7. The number of hydrogen-bond donors (Lipinski definition) is 0. The van der Waals surface area contributed by atoms with Crippen LogP contribution in [0.5, 0.6) is 0 Å². The molecule has 154 valence electrons. The quantitative estimate of drug-likeness (QED) is 0.492. The summed E-state index contributed by atoms with van der Waals surface area (Å²) in [5.74, 6) is 0.214. The zero-order chi connectivity index (χ0) is 21.1. The van der Waals surface area contributed by atoms with E-state index in [9.17, 15) is 4.39 Å². The number of nitrogens with zero attached hydrogens (tertiary/aromatic N) is 2. The number of allylic oxidation sites excluding steroid dienone is 7. The van der Waals surface area contributed by atoms with Crippen LogP contribution >= 0.6 is 0 Å². The van der Waals surface area contributed by atoms with Crippen LogP contribution in [0.15, 0.2) is 71.7 Å². The molecule has 3 rings (SSSR count). The molecule has 0 spiro atoms. The van der Waals surface area contributed by atoms with E-state index in [2.05, 4.69) is 81.2 Å². The van der Waals surface area contributed by atoms with Gasteiger partial charge in [0.2, 0.25) is 0 Å². The first-order chi connectivity index (χ1) is 13.9. The predicted octanol–water partition coefficient (Wildman–Crippen LogP) is 6.79. The molecular weight excluding hydrogens is 359 g/mol. The molecule has 0 radical (unpaired) electrons. The van der Waals surface area contributed by atoms with E-state index in [4.69, 9.17) is 0 Å². The molecule has 0 aromatic heterocycles. The predicted molar refractivity (Wildman–Crippen MR) is 121 cm³/mol. The van der Waals surface area contributed by atoms with Crippen molar-refractivity contribution in [1.29, 1.82) is 0 Å². The van der Waals surface area contributed by atoms with Gasteiger partial charge >= 0.3 is 0 Å². The molecule has 1 aromatic carbocycles. The fourth-order valence-corrected chi connectivity index (χ4v) is 3.95. The molecule has 29 heavy (non-hydrogen) atoms. The summed E-state index contributed by atoms with van der Waals surface area (Å²) in [4.78, 5) is 4.51. The number of benzene rings is 1. The first-order valence-electron chi connectivity index (χ1n) is 10.7. The highest BCUT2D eigenvalue weighted by Gasteiger charge is 2.26. The van der Waals surface area contributed by atoms with E-state index in [1.54, 1.807) is 6.07 Å². The van der Waals surface area contributed by atoms with Crippen LogP contribution in [-0.2, 0) is 0 Å². The van der Waals surface area contributed by atoms with Crippen LogP contribution in [0.2, 0.25) is 0 Å². The molecule has 0 saturated carbocycles. The van der Waals surface area contributed by atoms with E-state index in [-0.39, 0.29) is 5.82 Å². The van der Waals surface area contributed by atoms with Crippen molar-refractivity contribution in [1.82, 2.24) is 9.80 Å². The normalized spacial score (nSPS) is 20.6. The van der Waals surface area contributed by atoms with Gasteiger partial charge in [-0.3, -0.25) is 0 Å². The van der Waals surface area contributed by atoms with Crippen molar-refractivity contribution in [2.24, 2.45) is 5.92 Å². The van der Waals surface area contributed by atoms with Crippen molar-refractivity contribution in [2.75, 3.05) is 7.05 Å². The highest BCUT2D eigenvalue weighted by atomic mass is 19.1. The molecule has 0 aliphatic carbocycles. The van der Waals surface area contributed by atoms with Crippen LogP contribution in [0, 0.1) is 18.7 Å².